The summed E-state index contributed by atoms with van der Waals surface area (Å²) in [6.45, 7) is 9.71. The molecule has 2 rings (SSSR count). The third kappa shape index (κ3) is 8.22. The second-order valence-electron chi connectivity index (χ2n) is 7.39. The van der Waals surface area contributed by atoms with E-state index in [-0.39, 0.29) is 24.0 Å². The van der Waals surface area contributed by atoms with Crippen molar-refractivity contribution in [2.75, 3.05) is 38.6 Å². The summed E-state index contributed by atoms with van der Waals surface area (Å²) in [4.78, 5) is 7.06. The Morgan fingerprint density at radius 3 is 2.62 bits per heavy atom. The Labute approximate surface area is 175 Å². The molecule has 0 radical (unpaired) electrons. The van der Waals surface area contributed by atoms with E-state index in [2.05, 4.69) is 29.1 Å². The highest BCUT2D eigenvalue weighted by atomic mass is 127. The number of piperidine rings is 1. The number of unbranched alkanes of at least 4 members (excludes halogenated alkanes) is 1. The van der Waals surface area contributed by atoms with Crippen molar-refractivity contribution in [1.82, 2.24) is 4.90 Å². The van der Waals surface area contributed by atoms with E-state index in [4.69, 9.17) is 10.5 Å². The first-order valence-corrected chi connectivity index (χ1v) is 9.44. The zero-order valence-corrected chi connectivity index (χ0v) is 18.7. The minimum atomic E-state index is 0. The fraction of sp³-hybridized carbons (Fsp3) is 0.650. The van der Waals surface area contributed by atoms with Crippen LogP contribution in [0.25, 0.3) is 0 Å². The molecule has 148 valence electrons. The van der Waals surface area contributed by atoms with Crippen LogP contribution in [0.15, 0.2) is 29.3 Å². The number of guanidine groups is 1. The van der Waals surface area contributed by atoms with Gasteiger partial charge in [-0.1, -0.05) is 32.0 Å². The predicted octanol–water partition coefficient (Wildman–Crippen LogP) is 3.94. The number of nitrogens with one attached hydrogen (secondary N) is 1. The third-order valence-corrected chi connectivity index (χ3v) is 4.69. The lowest BCUT2D eigenvalue weighted by Gasteiger charge is -2.34. The van der Waals surface area contributed by atoms with E-state index < -0.39 is 0 Å². The highest BCUT2D eigenvalue weighted by Crippen LogP contribution is 2.21. The van der Waals surface area contributed by atoms with Crippen LogP contribution in [0.2, 0.25) is 0 Å². The molecule has 1 heterocycles. The van der Waals surface area contributed by atoms with E-state index in [0.717, 1.165) is 36.1 Å². The molecule has 5 nitrogen and oxygen atoms in total. The molecule has 0 aliphatic carbocycles. The highest BCUT2D eigenvalue weighted by Gasteiger charge is 2.20. The van der Waals surface area contributed by atoms with Gasteiger partial charge in [-0.3, -0.25) is 4.99 Å². The number of benzene rings is 1. The number of methoxy groups -OCH3 is 1. The Morgan fingerprint density at radius 2 is 1.92 bits per heavy atom. The molecule has 1 aliphatic heterocycles. The van der Waals surface area contributed by atoms with E-state index >= 15 is 0 Å². The van der Waals surface area contributed by atoms with Crippen molar-refractivity contribution in [3.63, 3.8) is 0 Å². The van der Waals surface area contributed by atoms with Crippen LogP contribution in [0.3, 0.4) is 0 Å². The molecule has 1 aromatic rings. The SMILES string of the molecule is COCc1ccccc1NC(N)=NCCCCN1CC(C)CC(C)C1.I. The zero-order chi connectivity index (χ0) is 18.1. The summed E-state index contributed by atoms with van der Waals surface area (Å²) in [6, 6.07) is 8.00. The lowest BCUT2D eigenvalue weighted by molar-refractivity contribution is 0.139. The minimum Gasteiger partial charge on any atom is -0.380 e. The van der Waals surface area contributed by atoms with Gasteiger partial charge in [0.1, 0.15) is 0 Å². The predicted molar refractivity (Wildman–Crippen MR) is 121 cm³/mol. The van der Waals surface area contributed by atoms with Crippen LogP contribution in [0.4, 0.5) is 5.69 Å². The molecule has 2 atom stereocenters. The number of anilines is 1. The molecule has 0 saturated carbocycles. The maximum absolute atomic E-state index is 6.02. The van der Waals surface area contributed by atoms with E-state index in [1.807, 2.05) is 24.3 Å². The normalized spacial score (nSPS) is 21.3. The van der Waals surface area contributed by atoms with Crippen LogP contribution in [0.1, 0.15) is 38.7 Å². The quantitative estimate of drug-likeness (QED) is 0.259. The Balaban J connectivity index is 0.00000338. The topological polar surface area (TPSA) is 62.9 Å². The Hall–Kier alpha value is -0.860. The molecular formula is C20H35IN4O. The van der Waals surface area contributed by atoms with Crippen molar-refractivity contribution < 1.29 is 4.74 Å². The molecule has 0 amide bonds. The van der Waals surface area contributed by atoms with Gasteiger partial charge in [0.2, 0.25) is 0 Å². The first-order chi connectivity index (χ1) is 12.1. The second kappa shape index (κ2) is 12.5. The van der Waals surface area contributed by atoms with Gasteiger partial charge in [0.25, 0.3) is 0 Å². The van der Waals surface area contributed by atoms with Gasteiger partial charge in [0.05, 0.1) is 6.61 Å². The van der Waals surface area contributed by atoms with Crippen molar-refractivity contribution in [3.05, 3.63) is 29.8 Å². The maximum atomic E-state index is 6.02. The lowest BCUT2D eigenvalue weighted by Crippen LogP contribution is -2.39. The number of halogens is 1. The van der Waals surface area contributed by atoms with Crippen LogP contribution in [-0.2, 0) is 11.3 Å². The first kappa shape index (κ1) is 23.2. The van der Waals surface area contributed by atoms with Gasteiger partial charge in [-0.2, -0.15) is 0 Å². The molecule has 2 unspecified atom stereocenters. The van der Waals surface area contributed by atoms with Crippen LogP contribution in [-0.4, -0.2) is 44.1 Å². The number of rotatable bonds is 8. The highest BCUT2D eigenvalue weighted by molar-refractivity contribution is 14.0. The monoisotopic (exact) mass is 474 g/mol. The Morgan fingerprint density at radius 1 is 1.23 bits per heavy atom. The van der Waals surface area contributed by atoms with Gasteiger partial charge < -0.3 is 20.7 Å². The summed E-state index contributed by atoms with van der Waals surface area (Å²) in [6.07, 6.45) is 3.62. The molecule has 1 aliphatic rings. The molecule has 26 heavy (non-hydrogen) atoms. The van der Waals surface area contributed by atoms with E-state index in [0.29, 0.717) is 12.6 Å². The number of nitrogens with zero attached hydrogens (tertiary/aromatic N) is 2. The summed E-state index contributed by atoms with van der Waals surface area (Å²) < 4.78 is 5.21. The van der Waals surface area contributed by atoms with Gasteiger partial charge >= 0.3 is 0 Å². The molecule has 1 saturated heterocycles. The van der Waals surface area contributed by atoms with Crippen LogP contribution in [0, 0.1) is 11.8 Å². The third-order valence-electron chi connectivity index (χ3n) is 4.69. The molecule has 0 spiro atoms. The average Bonchev–Trinajstić information content (AvgIpc) is 2.56. The molecule has 6 heteroatoms. The summed E-state index contributed by atoms with van der Waals surface area (Å²) in [5.74, 6) is 2.13. The molecule has 0 aromatic heterocycles. The summed E-state index contributed by atoms with van der Waals surface area (Å²) in [5.41, 5.74) is 8.06. The van der Waals surface area contributed by atoms with Gasteiger partial charge in [0, 0.05) is 38.0 Å². The lowest BCUT2D eigenvalue weighted by atomic mass is 9.92. The fourth-order valence-electron chi connectivity index (χ4n) is 3.72. The van der Waals surface area contributed by atoms with Crippen molar-refractivity contribution in [2.24, 2.45) is 22.6 Å². The van der Waals surface area contributed by atoms with Gasteiger partial charge in [-0.25, -0.2) is 0 Å². The summed E-state index contributed by atoms with van der Waals surface area (Å²) in [7, 11) is 1.69. The van der Waals surface area contributed by atoms with Gasteiger partial charge in [0.15, 0.2) is 5.96 Å². The number of ether oxygens (including phenoxy) is 1. The fourth-order valence-corrected chi connectivity index (χ4v) is 3.72. The second-order valence-corrected chi connectivity index (χ2v) is 7.39. The number of para-hydroxylation sites is 1. The number of hydrogen-bond donors (Lipinski definition) is 2. The standard InChI is InChI=1S/C20H34N4O.HI/c1-16-12-17(2)14-24(13-16)11-7-6-10-22-20(21)23-19-9-5-4-8-18(19)15-25-3;/h4-5,8-9,16-17H,6-7,10-15H2,1-3H3,(H3,21,22,23);1H. The zero-order valence-electron chi connectivity index (χ0n) is 16.4. The van der Waals surface area contributed by atoms with E-state index in [9.17, 15) is 0 Å². The average molecular weight is 474 g/mol. The van der Waals surface area contributed by atoms with Crippen LogP contribution < -0.4 is 11.1 Å². The molecule has 0 bridgehead atoms. The van der Waals surface area contributed by atoms with Gasteiger partial charge in [-0.15, -0.1) is 24.0 Å². The minimum absolute atomic E-state index is 0. The first-order valence-electron chi connectivity index (χ1n) is 9.44. The van der Waals surface area contributed by atoms with Gasteiger partial charge in [-0.05, 0) is 43.7 Å². The van der Waals surface area contributed by atoms with Crippen LogP contribution >= 0.6 is 24.0 Å². The maximum Gasteiger partial charge on any atom is 0.193 e. The van der Waals surface area contributed by atoms with Crippen LogP contribution in [0.5, 0.6) is 0 Å². The van der Waals surface area contributed by atoms with Crippen molar-refractivity contribution >= 4 is 35.6 Å². The molecular weight excluding hydrogens is 439 g/mol. The molecule has 1 aromatic carbocycles. The van der Waals surface area contributed by atoms with E-state index in [1.165, 1.54) is 32.5 Å². The Bertz CT molecular complexity index is 542. The van der Waals surface area contributed by atoms with Crippen molar-refractivity contribution in [2.45, 2.75) is 39.7 Å². The number of aliphatic imine (C=N–C) groups is 1. The Kier molecular flexibility index (Phi) is 11.2. The number of nitrogens with two attached hydrogens (primary N) is 1. The molecule has 3 N–H and O–H groups in total. The number of hydrogen-bond acceptors (Lipinski definition) is 3. The van der Waals surface area contributed by atoms with Crippen molar-refractivity contribution in [1.29, 1.82) is 0 Å². The number of likely N-dealkylation sites (tertiary alicyclic amines) is 1. The van der Waals surface area contributed by atoms with Crippen molar-refractivity contribution in [3.8, 4) is 0 Å². The van der Waals surface area contributed by atoms with E-state index in [1.54, 1.807) is 7.11 Å². The summed E-state index contributed by atoms with van der Waals surface area (Å²) in [5, 5.41) is 3.18. The molecule has 1 fully saturated rings. The smallest absolute Gasteiger partial charge is 0.193 e. The largest absolute Gasteiger partial charge is 0.380 e. The summed E-state index contributed by atoms with van der Waals surface area (Å²) >= 11 is 0.